The van der Waals surface area contributed by atoms with E-state index < -0.39 is 5.97 Å². The highest BCUT2D eigenvalue weighted by Gasteiger charge is 1.95. The maximum atomic E-state index is 10.2. The van der Waals surface area contributed by atoms with Gasteiger partial charge in [-0.05, 0) is 33.1 Å². The lowest BCUT2D eigenvalue weighted by Crippen LogP contribution is -1.93. The molecule has 13 heavy (non-hydrogen) atoms. The van der Waals surface area contributed by atoms with E-state index in [9.17, 15) is 4.79 Å². The molecule has 0 bridgehead atoms. The topological polar surface area (TPSA) is 37.3 Å². The highest BCUT2D eigenvalue weighted by molar-refractivity contribution is 5.66. The van der Waals surface area contributed by atoms with Gasteiger partial charge >= 0.3 is 5.97 Å². The maximum Gasteiger partial charge on any atom is 0.303 e. The van der Waals surface area contributed by atoms with Crippen molar-refractivity contribution in [3.63, 3.8) is 0 Å². The first-order valence-electron chi connectivity index (χ1n) is 4.98. The van der Waals surface area contributed by atoms with E-state index >= 15 is 0 Å². The van der Waals surface area contributed by atoms with Crippen LogP contribution < -0.4 is 0 Å². The zero-order valence-electron chi connectivity index (χ0n) is 8.68. The fourth-order valence-electron chi connectivity index (χ4n) is 1.16. The number of hydrogen-bond donors (Lipinski definition) is 1. The molecule has 0 amide bonds. The van der Waals surface area contributed by atoms with Crippen LogP contribution in [0.3, 0.4) is 0 Å². The second kappa shape index (κ2) is 7.84. The van der Waals surface area contributed by atoms with E-state index in [0.717, 1.165) is 25.7 Å². The molecule has 0 atom stereocenters. The first kappa shape index (κ1) is 12.2. The van der Waals surface area contributed by atoms with E-state index in [1.807, 2.05) is 0 Å². The molecule has 2 heteroatoms. The second-order valence-corrected chi connectivity index (χ2v) is 3.63. The molecule has 0 aliphatic rings. The van der Waals surface area contributed by atoms with Crippen molar-refractivity contribution >= 4 is 5.97 Å². The van der Waals surface area contributed by atoms with Gasteiger partial charge in [0.15, 0.2) is 0 Å². The van der Waals surface area contributed by atoms with Crippen molar-refractivity contribution in [1.82, 2.24) is 0 Å². The summed E-state index contributed by atoms with van der Waals surface area (Å²) in [5, 5.41) is 8.38. The van der Waals surface area contributed by atoms with Crippen LogP contribution in [-0.4, -0.2) is 11.1 Å². The van der Waals surface area contributed by atoms with E-state index in [-0.39, 0.29) is 0 Å². The van der Waals surface area contributed by atoms with Gasteiger partial charge in [-0.15, -0.1) is 0 Å². The molecule has 0 aromatic rings. The Balaban J connectivity index is 3.09. The molecule has 0 saturated carbocycles. The van der Waals surface area contributed by atoms with Gasteiger partial charge in [-0.2, -0.15) is 0 Å². The number of carboxylic acid groups (broad SMARTS) is 1. The molecule has 0 saturated heterocycles. The van der Waals surface area contributed by atoms with Crippen LogP contribution in [-0.2, 0) is 4.79 Å². The average molecular weight is 184 g/mol. The van der Waals surface area contributed by atoms with E-state index in [4.69, 9.17) is 5.11 Å². The van der Waals surface area contributed by atoms with Gasteiger partial charge in [0.1, 0.15) is 0 Å². The van der Waals surface area contributed by atoms with Crippen molar-refractivity contribution in [3.05, 3.63) is 11.6 Å². The van der Waals surface area contributed by atoms with Gasteiger partial charge in [-0.1, -0.05) is 24.5 Å². The summed E-state index contributed by atoms with van der Waals surface area (Å²) in [5.41, 5.74) is 1.37. The summed E-state index contributed by atoms with van der Waals surface area (Å²) in [6, 6.07) is 0. The average Bonchev–Trinajstić information content (AvgIpc) is 2.01. The predicted octanol–water partition coefficient (Wildman–Crippen LogP) is 3.38. The van der Waals surface area contributed by atoms with Crippen LogP contribution in [0.5, 0.6) is 0 Å². The van der Waals surface area contributed by atoms with E-state index in [1.54, 1.807) is 0 Å². The van der Waals surface area contributed by atoms with Crippen LogP contribution in [0.25, 0.3) is 0 Å². The Labute approximate surface area is 80.7 Å². The molecule has 0 fully saturated rings. The Morgan fingerprint density at radius 1 is 1.15 bits per heavy atom. The third kappa shape index (κ3) is 11.2. The molecule has 0 aliphatic heterocycles. The number of allylic oxidation sites excluding steroid dienone is 2. The Bertz CT molecular complexity index is 167. The standard InChI is InChI=1S/C11H20O2/c1-10(2)8-6-4-3-5-7-9-11(12)13/h8H,3-7,9H2,1-2H3,(H,12,13). The SMILES string of the molecule is CC(C)=CCCCCCCC(=O)O. The molecule has 0 aliphatic carbocycles. The van der Waals surface area contributed by atoms with Crippen molar-refractivity contribution in [2.75, 3.05) is 0 Å². The van der Waals surface area contributed by atoms with E-state index in [1.165, 1.54) is 12.0 Å². The van der Waals surface area contributed by atoms with Gasteiger partial charge in [0.25, 0.3) is 0 Å². The van der Waals surface area contributed by atoms with Crippen molar-refractivity contribution in [2.24, 2.45) is 0 Å². The van der Waals surface area contributed by atoms with E-state index in [0.29, 0.717) is 6.42 Å². The molecule has 0 spiro atoms. The summed E-state index contributed by atoms with van der Waals surface area (Å²) in [4.78, 5) is 10.2. The quantitative estimate of drug-likeness (QED) is 0.486. The van der Waals surface area contributed by atoms with Crippen molar-refractivity contribution in [2.45, 2.75) is 52.4 Å². The van der Waals surface area contributed by atoms with E-state index in [2.05, 4.69) is 19.9 Å². The molecule has 0 heterocycles. The number of carbonyl (C=O) groups is 1. The summed E-state index contributed by atoms with van der Waals surface area (Å²) in [7, 11) is 0. The van der Waals surface area contributed by atoms with Crippen molar-refractivity contribution in [1.29, 1.82) is 0 Å². The van der Waals surface area contributed by atoms with Gasteiger partial charge in [0, 0.05) is 6.42 Å². The minimum atomic E-state index is -0.677. The van der Waals surface area contributed by atoms with Crippen LogP contribution in [0.2, 0.25) is 0 Å². The van der Waals surface area contributed by atoms with Crippen LogP contribution in [0.15, 0.2) is 11.6 Å². The third-order valence-electron chi connectivity index (χ3n) is 1.90. The number of carboxylic acids is 1. The summed E-state index contributed by atoms with van der Waals surface area (Å²) >= 11 is 0. The third-order valence-corrected chi connectivity index (χ3v) is 1.90. The molecule has 2 nitrogen and oxygen atoms in total. The molecule has 76 valence electrons. The highest BCUT2D eigenvalue weighted by Crippen LogP contribution is 2.06. The van der Waals surface area contributed by atoms with Gasteiger partial charge < -0.3 is 5.11 Å². The Kier molecular flexibility index (Phi) is 7.36. The van der Waals surface area contributed by atoms with Crippen LogP contribution in [0.4, 0.5) is 0 Å². The van der Waals surface area contributed by atoms with Crippen LogP contribution in [0.1, 0.15) is 52.4 Å². The lowest BCUT2D eigenvalue weighted by molar-refractivity contribution is -0.137. The van der Waals surface area contributed by atoms with Gasteiger partial charge in [0.05, 0.1) is 0 Å². The number of rotatable bonds is 7. The molecule has 0 radical (unpaired) electrons. The second-order valence-electron chi connectivity index (χ2n) is 3.63. The number of unbranched alkanes of at least 4 members (excludes halogenated alkanes) is 4. The van der Waals surface area contributed by atoms with Crippen LogP contribution in [0, 0.1) is 0 Å². The fourth-order valence-corrected chi connectivity index (χ4v) is 1.16. The summed E-state index contributed by atoms with van der Waals surface area (Å²) < 4.78 is 0. The first-order valence-corrected chi connectivity index (χ1v) is 4.98. The summed E-state index contributed by atoms with van der Waals surface area (Å²) in [5.74, 6) is -0.677. The minimum Gasteiger partial charge on any atom is -0.481 e. The first-order chi connectivity index (χ1) is 6.13. The normalized spacial score (nSPS) is 9.69. The Morgan fingerprint density at radius 3 is 2.31 bits per heavy atom. The highest BCUT2D eigenvalue weighted by atomic mass is 16.4. The van der Waals surface area contributed by atoms with Gasteiger partial charge in [0.2, 0.25) is 0 Å². The van der Waals surface area contributed by atoms with Crippen LogP contribution >= 0.6 is 0 Å². The van der Waals surface area contributed by atoms with Crippen molar-refractivity contribution in [3.8, 4) is 0 Å². The molecule has 0 aromatic carbocycles. The molecule has 0 rings (SSSR count). The van der Waals surface area contributed by atoms with Crippen molar-refractivity contribution < 1.29 is 9.90 Å². The zero-order valence-corrected chi connectivity index (χ0v) is 8.68. The predicted molar refractivity (Wildman–Crippen MR) is 54.8 cm³/mol. The Hall–Kier alpha value is -0.790. The van der Waals surface area contributed by atoms with Gasteiger partial charge in [-0.3, -0.25) is 4.79 Å². The monoisotopic (exact) mass is 184 g/mol. The molecule has 0 aromatic heterocycles. The lowest BCUT2D eigenvalue weighted by atomic mass is 10.1. The fraction of sp³-hybridized carbons (Fsp3) is 0.727. The zero-order chi connectivity index (χ0) is 10.1. The van der Waals surface area contributed by atoms with Gasteiger partial charge in [-0.25, -0.2) is 0 Å². The molecular weight excluding hydrogens is 164 g/mol. The summed E-state index contributed by atoms with van der Waals surface area (Å²) in [6.07, 6.45) is 7.89. The molecule has 1 N–H and O–H groups in total. The smallest absolute Gasteiger partial charge is 0.303 e. The number of hydrogen-bond acceptors (Lipinski definition) is 1. The molecular formula is C11H20O2. The lowest BCUT2D eigenvalue weighted by Gasteiger charge is -1.97. The largest absolute Gasteiger partial charge is 0.481 e. The Morgan fingerprint density at radius 2 is 1.77 bits per heavy atom. The summed E-state index contributed by atoms with van der Waals surface area (Å²) in [6.45, 7) is 4.20. The number of aliphatic carboxylic acids is 1. The minimum absolute atomic E-state index is 0.322. The molecule has 0 unspecified atom stereocenters. The maximum absolute atomic E-state index is 10.2.